The molecule has 2 aromatic rings. The Morgan fingerprint density at radius 2 is 1.85 bits per heavy atom. The third kappa shape index (κ3) is 4.98. The van der Waals surface area contributed by atoms with Crippen LogP contribution in [0.25, 0.3) is 0 Å². The minimum Gasteiger partial charge on any atom is -0.461 e. The number of ether oxygens (including phenoxy) is 2. The van der Waals surface area contributed by atoms with Crippen LogP contribution in [-0.4, -0.2) is 43.3 Å². The van der Waals surface area contributed by atoms with Crippen molar-refractivity contribution >= 4 is 11.9 Å². The molecule has 0 unspecified atom stereocenters. The molecule has 0 spiro atoms. The summed E-state index contributed by atoms with van der Waals surface area (Å²) in [5.74, 6) is -0.592. The molecular formula is C21H28N2O4. The van der Waals surface area contributed by atoms with E-state index in [0.29, 0.717) is 36.5 Å². The molecule has 0 radical (unpaired) electrons. The summed E-state index contributed by atoms with van der Waals surface area (Å²) < 4.78 is 12.1. The molecule has 1 aromatic carbocycles. The number of esters is 1. The number of nitrogens with one attached hydrogen (secondary N) is 1. The maximum Gasteiger partial charge on any atom is 0.355 e. The Kier molecular flexibility index (Phi) is 7.61. The van der Waals surface area contributed by atoms with E-state index in [1.807, 2.05) is 41.8 Å². The summed E-state index contributed by atoms with van der Waals surface area (Å²) in [5, 5.41) is 2.91. The van der Waals surface area contributed by atoms with Crippen LogP contribution >= 0.6 is 0 Å². The Balaban J connectivity index is 2.38. The molecule has 0 fully saturated rings. The van der Waals surface area contributed by atoms with Crippen LogP contribution in [0.1, 0.15) is 51.0 Å². The zero-order chi connectivity index (χ0) is 19.8. The minimum atomic E-state index is -0.410. The second kappa shape index (κ2) is 9.92. The van der Waals surface area contributed by atoms with E-state index in [1.165, 1.54) is 0 Å². The molecule has 146 valence electrons. The van der Waals surface area contributed by atoms with E-state index in [-0.39, 0.29) is 12.5 Å². The van der Waals surface area contributed by atoms with E-state index in [9.17, 15) is 9.59 Å². The summed E-state index contributed by atoms with van der Waals surface area (Å²) in [7, 11) is 1.63. The Morgan fingerprint density at radius 1 is 1.15 bits per heavy atom. The Labute approximate surface area is 160 Å². The van der Waals surface area contributed by atoms with Gasteiger partial charge in [-0.1, -0.05) is 30.3 Å². The molecule has 0 bridgehead atoms. The topological polar surface area (TPSA) is 69.6 Å². The molecule has 0 saturated heterocycles. The van der Waals surface area contributed by atoms with E-state index in [4.69, 9.17) is 9.47 Å². The van der Waals surface area contributed by atoms with Crippen molar-refractivity contribution < 1.29 is 19.1 Å². The fraction of sp³-hybridized carbons (Fsp3) is 0.429. The minimum absolute atomic E-state index is 0.182. The summed E-state index contributed by atoms with van der Waals surface area (Å²) in [6, 6.07) is 9.84. The average Bonchev–Trinajstić information content (AvgIpc) is 2.90. The highest BCUT2D eigenvalue weighted by molar-refractivity contribution is 6.01. The highest BCUT2D eigenvalue weighted by Gasteiger charge is 2.27. The number of methoxy groups -OCH3 is 1. The van der Waals surface area contributed by atoms with Gasteiger partial charge in [-0.25, -0.2) is 4.79 Å². The van der Waals surface area contributed by atoms with Crippen LogP contribution < -0.4 is 5.32 Å². The second-order valence-electron chi connectivity index (χ2n) is 6.33. The molecule has 6 nitrogen and oxygen atoms in total. The van der Waals surface area contributed by atoms with E-state index in [2.05, 4.69) is 5.32 Å². The van der Waals surface area contributed by atoms with Gasteiger partial charge in [0, 0.05) is 32.5 Å². The fourth-order valence-electron chi connectivity index (χ4n) is 3.16. The number of nitrogens with zero attached hydrogens (tertiary/aromatic N) is 1. The molecule has 0 saturated carbocycles. The molecular weight excluding hydrogens is 344 g/mol. The molecule has 6 heteroatoms. The number of hydrogen-bond donors (Lipinski definition) is 1. The monoisotopic (exact) mass is 372 g/mol. The smallest absolute Gasteiger partial charge is 0.355 e. The second-order valence-corrected chi connectivity index (χ2v) is 6.33. The van der Waals surface area contributed by atoms with Gasteiger partial charge in [0.05, 0.1) is 12.2 Å². The molecule has 1 aromatic heterocycles. The van der Waals surface area contributed by atoms with Crippen LogP contribution in [0, 0.1) is 13.8 Å². The van der Waals surface area contributed by atoms with Gasteiger partial charge in [0.1, 0.15) is 5.69 Å². The van der Waals surface area contributed by atoms with Gasteiger partial charge in [0.15, 0.2) is 0 Å². The third-order valence-electron chi connectivity index (χ3n) is 4.46. The maximum absolute atomic E-state index is 12.7. The van der Waals surface area contributed by atoms with Crippen molar-refractivity contribution in [2.45, 2.75) is 33.7 Å². The third-order valence-corrected chi connectivity index (χ3v) is 4.46. The van der Waals surface area contributed by atoms with Gasteiger partial charge in [-0.3, -0.25) is 4.79 Å². The van der Waals surface area contributed by atoms with E-state index >= 15 is 0 Å². The van der Waals surface area contributed by atoms with Gasteiger partial charge >= 0.3 is 5.97 Å². The zero-order valence-electron chi connectivity index (χ0n) is 16.5. The summed E-state index contributed by atoms with van der Waals surface area (Å²) in [4.78, 5) is 25.3. The summed E-state index contributed by atoms with van der Waals surface area (Å²) in [6.07, 6.45) is 0.732. The van der Waals surface area contributed by atoms with Crippen molar-refractivity contribution in [2.24, 2.45) is 0 Å². The van der Waals surface area contributed by atoms with Crippen LogP contribution in [0.2, 0.25) is 0 Å². The molecule has 1 amide bonds. The number of hydrogen-bond acceptors (Lipinski definition) is 4. The molecule has 0 aliphatic rings. The Bertz CT molecular complexity index is 781. The molecule has 0 atom stereocenters. The number of amides is 1. The quantitative estimate of drug-likeness (QED) is 0.542. The number of rotatable bonds is 9. The van der Waals surface area contributed by atoms with Gasteiger partial charge in [0.25, 0.3) is 5.91 Å². The first kappa shape index (κ1) is 20.7. The predicted molar refractivity (Wildman–Crippen MR) is 104 cm³/mol. The van der Waals surface area contributed by atoms with Crippen molar-refractivity contribution in [2.75, 3.05) is 26.9 Å². The lowest BCUT2D eigenvalue weighted by Crippen LogP contribution is -2.26. The number of benzene rings is 1. The van der Waals surface area contributed by atoms with Gasteiger partial charge in [-0.05, 0) is 38.3 Å². The maximum atomic E-state index is 12.7. The van der Waals surface area contributed by atoms with Crippen LogP contribution in [0.3, 0.4) is 0 Å². The van der Waals surface area contributed by atoms with E-state index in [0.717, 1.165) is 17.7 Å². The van der Waals surface area contributed by atoms with Crippen molar-refractivity contribution in [3.63, 3.8) is 0 Å². The van der Waals surface area contributed by atoms with Gasteiger partial charge < -0.3 is 19.4 Å². The van der Waals surface area contributed by atoms with Crippen molar-refractivity contribution in [1.82, 2.24) is 9.88 Å². The first-order chi connectivity index (χ1) is 13.0. The van der Waals surface area contributed by atoms with Crippen LogP contribution in [0.5, 0.6) is 0 Å². The highest BCUT2D eigenvalue weighted by Crippen LogP contribution is 2.24. The first-order valence-corrected chi connectivity index (χ1v) is 9.19. The van der Waals surface area contributed by atoms with E-state index in [1.54, 1.807) is 21.0 Å². The van der Waals surface area contributed by atoms with Crippen molar-refractivity contribution in [1.29, 1.82) is 0 Å². The standard InChI is InChI=1S/C21H28N2O4/c1-5-27-21(25)19-15(2)18(20(24)22-12-9-13-26-4)16(3)23(19)14-17-10-7-6-8-11-17/h6-8,10-11H,5,9,12-14H2,1-4H3,(H,22,24). The molecule has 27 heavy (non-hydrogen) atoms. The summed E-state index contributed by atoms with van der Waals surface area (Å²) in [5.41, 5.74) is 3.41. The number of aromatic nitrogens is 1. The Hall–Kier alpha value is -2.60. The predicted octanol–water partition coefficient (Wildman–Crippen LogP) is 3.10. The lowest BCUT2D eigenvalue weighted by Gasteiger charge is -2.12. The molecule has 1 N–H and O–H groups in total. The van der Waals surface area contributed by atoms with Crippen LogP contribution in [0.4, 0.5) is 0 Å². The highest BCUT2D eigenvalue weighted by atomic mass is 16.5. The van der Waals surface area contributed by atoms with Crippen LogP contribution in [-0.2, 0) is 16.0 Å². The Morgan fingerprint density at radius 3 is 2.48 bits per heavy atom. The summed E-state index contributed by atoms with van der Waals surface area (Å²) >= 11 is 0. The summed E-state index contributed by atoms with van der Waals surface area (Å²) in [6.45, 7) is 7.32. The SMILES string of the molecule is CCOC(=O)c1c(C)c(C(=O)NCCCOC)c(C)n1Cc1ccccc1. The van der Waals surface area contributed by atoms with Crippen molar-refractivity contribution in [3.05, 3.63) is 58.4 Å². The fourth-order valence-corrected chi connectivity index (χ4v) is 3.16. The average molecular weight is 372 g/mol. The van der Waals surface area contributed by atoms with E-state index < -0.39 is 5.97 Å². The van der Waals surface area contributed by atoms with Gasteiger partial charge in [-0.2, -0.15) is 0 Å². The largest absolute Gasteiger partial charge is 0.461 e. The first-order valence-electron chi connectivity index (χ1n) is 9.19. The number of carbonyl (C=O) groups excluding carboxylic acids is 2. The molecule has 1 heterocycles. The normalized spacial score (nSPS) is 10.7. The van der Waals surface area contributed by atoms with Crippen LogP contribution in [0.15, 0.2) is 30.3 Å². The lowest BCUT2D eigenvalue weighted by molar-refractivity contribution is 0.0513. The van der Waals surface area contributed by atoms with Crippen molar-refractivity contribution in [3.8, 4) is 0 Å². The zero-order valence-corrected chi connectivity index (χ0v) is 16.5. The van der Waals surface area contributed by atoms with Gasteiger partial charge in [0.2, 0.25) is 0 Å². The number of carbonyl (C=O) groups is 2. The lowest BCUT2D eigenvalue weighted by atomic mass is 10.1. The van der Waals surface area contributed by atoms with Gasteiger partial charge in [-0.15, -0.1) is 0 Å². The molecule has 0 aliphatic heterocycles. The molecule has 2 rings (SSSR count). The molecule has 0 aliphatic carbocycles.